The van der Waals surface area contributed by atoms with Gasteiger partial charge in [0.2, 0.25) is 10.1 Å². The van der Waals surface area contributed by atoms with Gasteiger partial charge in [-0.3, -0.25) is 4.79 Å². The molecule has 0 atom stereocenters. The highest BCUT2D eigenvalue weighted by molar-refractivity contribution is 7.20. The summed E-state index contributed by atoms with van der Waals surface area (Å²) in [5.41, 5.74) is 2.12. The molecule has 0 radical (unpaired) electrons. The Labute approximate surface area is 162 Å². The molecule has 0 saturated carbocycles. The number of anilines is 2. The highest BCUT2D eigenvalue weighted by atomic mass is 35.5. The normalized spacial score (nSPS) is 11.1. The third kappa shape index (κ3) is 3.02. The van der Waals surface area contributed by atoms with Crippen molar-refractivity contribution in [3.8, 4) is 0 Å². The zero-order valence-corrected chi connectivity index (χ0v) is 15.9. The maximum atomic E-state index is 12.7. The van der Waals surface area contributed by atoms with E-state index >= 15 is 0 Å². The fraction of sp³-hybridized carbons (Fsp3) is 0.111. The lowest BCUT2D eigenvalue weighted by Gasteiger charge is -2.06. The Balaban J connectivity index is 1.83. The van der Waals surface area contributed by atoms with Crippen LogP contribution < -0.4 is 10.9 Å². The first-order chi connectivity index (χ1) is 13.0. The van der Waals surface area contributed by atoms with E-state index in [1.807, 2.05) is 19.1 Å². The molecule has 4 aromatic rings. The molecule has 0 saturated heterocycles. The van der Waals surface area contributed by atoms with Crippen molar-refractivity contribution in [3.63, 3.8) is 0 Å². The Hall–Kier alpha value is -2.97. The van der Waals surface area contributed by atoms with Crippen LogP contribution in [-0.2, 0) is 4.74 Å². The smallest absolute Gasteiger partial charge is 0.337 e. The van der Waals surface area contributed by atoms with Crippen LogP contribution >= 0.6 is 22.9 Å². The van der Waals surface area contributed by atoms with Crippen molar-refractivity contribution in [1.29, 1.82) is 0 Å². The zero-order chi connectivity index (χ0) is 19.1. The van der Waals surface area contributed by atoms with Gasteiger partial charge in [-0.2, -0.15) is 4.52 Å². The third-order valence-corrected chi connectivity index (χ3v) is 5.36. The van der Waals surface area contributed by atoms with E-state index in [1.54, 1.807) is 12.1 Å². The minimum absolute atomic E-state index is 0.307. The summed E-state index contributed by atoms with van der Waals surface area (Å²) >= 11 is 7.37. The average molecular weight is 401 g/mol. The predicted molar refractivity (Wildman–Crippen MR) is 105 cm³/mol. The largest absolute Gasteiger partial charge is 0.465 e. The van der Waals surface area contributed by atoms with Crippen LogP contribution in [0.1, 0.15) is 15.9 Å². The molecule has 2 heterocycles. The molecule has 7 nitrogen and oxygen atoms in total. The van der Waals surface area contributed by atoms with E-state index in [9.17, 15) is 9.59 Å². The molecule has 9 heteroatoms. The second-order valence-electron chi connectivity index (χ2n) is 5.78. The summed E-state index contributed by atoms with van der Waals surface area (Å²) in [7, 11) is 1.30. The monoisotopic (exact) mass is 400 g/mol. The Bertz CT molecular complexity index is 1260. The van der Waals surface area contributed by atoms with E-state index in [2.05, 4.69) is 15.4 Å². The van der Waals surface area contributed by atoms with Gasteiger partial charge in [0.25, 0.3) is 5.56 Å². The zero-order valence-electron chi connectivity index (χ0n) is 14.3. The topological polar surface area (TPSA) is 85.6 Å². The van der Waals surface area contributed by atoms with E-state index in [1.165, 1.54) is 35.1 Å². The Morgan fingerprint density at radius 3 is 2.89 bits per heavy atom. The number of nitrogens with one attached hydrogen (secondary N) is 1. The lowest BCUT2D eigenvalue weighted by molar-refractivity contribution is 0.0601. The number of methoxy groups -OCH3 is 1. The van der Waals surface area contributed by atoms with Crippen molar-refractivity contribution >= 4 is 55.6 Å². The molecule has 1 N–H and O–H groups in total. The van der Waals surface area contributed by atoms with Crippen molar-refractivity contribution in [3.05, 3.63) is 62.9 Å². The minimum Gasteiger partial charge on any atom is -0.465 e. The number of hydrogen-bond acceptors (Lipinski definition) is 7. The molecular formula is C18H13ClN4O3S. The molecule has 0 aliphatic carbocycles. The van der Waals surface area contributed by atoms with Crippen molar-refractivity contribution in [2.24, 2.45) is 0 Å². The summed E-state index contributed by atoms with van der Waals surface area (Å²) < 4.78 is 5.96. The van der Waals surface area contributed by atoms with E-state index in [0.717, 1.165) is 11.3 Å². The van der Waals surface area contributed by atoms with Gasteiger partial charge in [-0.15, -0.1) is 5.10 Å². The first-order valence-electron chi connectivity index (χ1n) is 7.92. The number of nitrogens with zero attached hydrogens (tertiary/aromatic N) is 3. The van der Waals surface area contributed by atoms with Gasteiger partial charge >= 0.3 is 5.97 Å². The summed E-state index contributed by atoms with van der Waals surface area (Å²) in [6.07, 6.45) is 0. The number of fused-ring (bicyclic) bond motifs is 2. The molecular weight excluding hydrogens is 388 g/mol. The summed E-state index contributed by atoms with van der Waals surface area (Å²) in [5.74, 6) is -0.484. The Morgan fingerprint density at radius 2 is 2.11 bits per heavy atom. The molecule has 0 amide bonds. The van der Waals surface area contributed by atoms with Crippen LogP contribution in [0.25, 0.3) is 15.9 Å². The fourth-order valence-electron chi connectivity index (χ4n) is 2.66. The van der Waals surface area contributed by atoms with Crippen molar-refractivity contribution in [2.45, 2.75) is 6.92 Å². The number of rotatable bonds is 3. The minimum atomic E-state index is -0.484. The van der Waals surface area contributed by atoms with Crippen LogP contribution in [0, 0.1) is 6.92 Å². The summed E-state index contributed by atoms with van der Waals surface area (Å²) in [6.45, 7) is 1.89. The molecule has 0 unspecified atom stereocenters. The van der Waals surface area contributed by atoms with E-state index in [0.29, 0.717) is 31.6 Å². The second kappa shape index (κ2) is 6.64. The number of carbonyl (C=O) groups excluding carboxylic acids is 1. The maximum absolute atomic E-state index is 12.7. The number of aromatic nitrogens is 3. The summed E-state index contributed by atoms with van der Waals surface area (Å²) in [5, 5.41) is 9.00. The lowest BCUT2D eigenvalue weighted by Crippen LogP contribution is -2.15. The van der Waals surface area contributed by atoms with Gasteiger partial charge in [-0.1, -0.05) is 29.0 Å². The van der Waals surface area contributed by atoms with Crippen molar-refractivity contribution in [1.82, 2.24) is 14.6 Å². The summed E-state index contributed by atoms with van der Waals surface area (Å²) in [4.78, 5) is 29.3. The molecule has 136 valence electrons. The maximum Gasteiger partial charge on any atom is 0.337 e. The molecule has 2 aromatic carbocycles. The third-order valence-electron chi connectivity index (χ3n) is 4.13. The van der Waals surface area contributed by atoms with E-state index < -0.39 is 5.97 Å². The molecule has 0 aliphatic heterocycles. The Morgan fingerprint density at radius 1 is 1.30 bits per heavy atom. The summed E-state index contributed by atoms with van der Waals surface area (Å²) in [6, 6.07) is 10.1. The van der Waals surface area contributed by atoms with Crippen molar-refractivity contribution < 1.29 is 9.53 Å². The van der Waals surface area contributed by atoms with Crippen molar-refractivity contribution in [2.75, 3.05) is 12.4 Å². The van der Waals surface area contributed by atoms with Crippen LogP contribution in [0.15, 0.2) is 41.2 Å². The first-order valence-corrected chi connectivity index (χ1v) is 9.11. The molecule has 0 aliphatic rings. The molecule has 2 aromatic heterocycles. The number of carbonyl (C=O) groups is 1. The molecule has 0 fully saturated rings. The van der Waals surface area contributed by atoms with E-state index in [-0.39, 0.29) is 5.56 Å². The van der Waals surface area contributed by atoms with Gasteiger partial charge in [-0.05, 0) is 42.8 Å². The lowest BCUT2D eigenvalue weighted by atomic mass is 10.1. The number of halogens is 1. The molecule has 27 heavy (non-hydrogen) atoms. The SMILES string of the molecule is COC(=O)c1ccc2c(=O)n3nc(Nc4cccc(Cl)c4C)sc3nc2c1. The first kappa shape index (κ1) is 17.4. The van der Waals surface area contributed by atoms with Gasteiger partial charge in [0, 0.05) is 10.7 Å². The highest BCUT2D eigenvalue weighted by Gasteiger charge is 2.14. The second-order valence-corrected chi connectivity index (χ2v) is 7.14. The van der Waals surface area contributed by atoms with Crippen LogP contribution in [0.4, 0.5) is 10.8 Å². The number of ether oxygens (including phenoxy) is 1. The van der Waals surface area contributed by atoms with Crippen LogP contribution in [0.3, 0.4) is 0 Å². The average Bonchev–Trinajstić information content (AvgIpc) is 3.07. The quantitative estimate of drug-likeness (QED) is 0.526. The predicted octanol–water partition coefficient (Wildman–Crippen LogP) is 3.80. The number of hydrogen-bond donors (Lipinski definition) is 1. The molecule has 4 rings (SSSR count). The van der Waals surface area contributed by atoms with E-state index in [4.69, 9.17) is 16.3 Å². The standard InChI is InChI=1S/C18H13ClN4O3S/c1-9-12(19)4-3-5-13(9)20-17-22-23-15(24)11-7-6-10(16(25)26-2)8-14(11)21-18(23)27-17/h3-8H,1-2H3,(H,20,22). The highest BCUT2D eigenvalue weighted by Crippen LogP contribution is 2.28. The van der Waals surface area contributed by atoms with Crippen LogP contribution in [0.5, 0.6) is 0 Å². The number of esters is 1. The van der Waals surface area contributed by atoms with Crippen LogP contribution in [-0.4, -0.2) is 27.7 Å². The Kier molecular flexibility index (Phi) is 4.29. The molecule has 0 spiro atoms. The van der Waals surface area contributed by atoms with Crippen LogP contribution in [0.2, 0.25) is 5.02 Å². The van der Waals surface area contributed by atoms with Gasteiger partial charge in [0.1, 0.15) is 0 Å². The van der Waals surface area contributed by atoms with Gasteiger partial charge in [0.05, 0.1) is 23.6 Å². The molecule has 0 bridgehead atoms. The fourth-order valence-corrected chi connectivity index (χ4v) is 3.65. The van der Waals surface area contributed by atoms with Gasteiger partial charge in [0.15, 0.2) is 0 Å². The van der Waals surface area contributed by atoms with Gasteiger partial charge < -0.3 is 10.1 Å². The number of benzene rings is 2. The van der Waals surface area contributed by atoms with Gasteiger partial charge in [-0.25, -0.2) is 9.78 Å².